The second kappa shape index (κ2) is 5.00. The Labute approximate surface area is 117 Å². The first-order valence-corrected chi connectivity index (χ1v) is 5.92. The monoisotopic (exact) mass is 284 g/mol. The van der Waals surface area contributed by atoms with Crippen LogP contribution in [0.15, 0.2) is 47.1 Å². The molecular weight excluding hydrogens is 276 g/mol. The minimum Gasteiger partial charge on any atom is -0.320 e. The van der Waals surface area contributed by atoms with E-state index in [1.807, 2.05) is 0 Å². The molecule has 1 heterocycles. The molecule has 104 valence electrons. The summed E-state index contributed by atoms with van der Waals surface area (Å²) in [5.41, 5.74) is 1.37. The third-order valence-corrected chi connectivity index (χ3v) is 2.85. The fraction of sp³-hybridized carbons (Fsp3) is 0. The molecule has 0 atom stereocenters. The number of fused-ring (bicyclic) bond motifs is 1. The van der Waals surface area contributed by atoms with Crippen LogP contribution >= 0.6 is 0 Å². The van der Waals surface area contributed by atoms with Gasteiger partial charge in [0.05, 0.1) is 10.6 Å². The summed E-state index contributed by atoms with van der Waals surface area (Å²) < 4.78 is 4.60. The highest BCUT2D eigenvalue weighted by molar-refractivity contribution is 6.08. The zero-order valence-corrected chi connectivity index (χ0v) is 10.5. The molecule has 0 bridgehead atoms. The molecule has 1 aromatic heterocycles. The highest BCUT2D eigenvalue weighted by Crippen LogP contribution is 2.21. The molecule has 0 spiro atoms. The molecule has 0 fully saturated rings. The van der Waals surface area contributed by atoms with Crippen LogP contribution in [0.1, 0.15) is 10.4 Å². The molecular formula is C13H8N4O4. The number of non-ortho nitro benzene ring substituents is 1. The van der Waals surface area contributed by atoms with Crippen LogP contribution in [-0.2, 0) is 0 Å². The van der Waals surface area contributed by atoms with Crippen LogP contribution in [0.3, 0.4) is 0 Å². The van der Waals surface area contributed by atoms with Crippen molar-refractivity contribution in [1.29, 1.82) is 0 Å². The van der Waals surface area contributed by atoms with E-state index in [9.17, 15) is 14.9 Å². The lowest BCUT2D eigenvalue weighted by Gasteiger charge is -2.04. The first-order chi connectivity index (χ1) is 10.1. The normalized spacial score (nSPS) is 10.5. The first kappa shape index (κ1) is 12.7. The van der Waals surface area contributed by atoms with Crippen LogP contribution in [0.2, 0.25) is 0 Å². The minimum absolute atomic E-state index is 0.149. The van der Waals surface area contributed by atoms with Crippen LogP contribution in [0, 0.1) is 10.1 Å². The minimum atomic E-state index is -0.556. The summed E-state index contributed by atoms with van der Waals surface area (Å²) in [7, 11) is 0. The Kier molecular flexibility index (Phi) is 3.03. The molecule has 1 N–H and O–H groups in total. The maximum Gasteiger partial charge on any atom is 0.270 e. The molecule has 0 saturated carbocycles. The lowest BCUT2D eigenvalue weighted by Crippen LogP contribution is -2.12. The van der Waals surface area contributed by atoms with E-state index < -0.39 is 10.8 Å². The average molecular weight is 284 g/mol. The molecule has 0 aliphatic carbocycles. The van der Waals surface area contributed by atoms with Crippen molar-refractivity contribution >= 4 is 28.3 Å². The van der Waals surface area contributed by atoms with Gasteiger partial charge in [-0.1, -0.05) is 12.1 Å². The number of amides is 1. The Balaban J connectivity index is 1.91. The van der Waals surface area contributed by atoms with Crippen molar-refractivity contribution in [2.75, 3.05) is 5.32 Å². The summed E-state index contributed by atoms with van der Waals surface area (Å²) in [5, 5.41) is 20.7. The SMILES string of the molecule is O=C(Nc1cccc2nonc12)c1cccc([N+](=O)[O-])c1. The number of benzene rings is 2. The number of nitro benzene ring substituents is 1. The van der Waals surface area contributed by atoms with Gasteiger partial charge in [-0.05, 0) is 28.5 Å². The Morgan fingerprint density at radius 3 is 2.81 bits per heavy atom. The number of nitro groups is 1. The smallest absolute Gasteiger partial charge is 0.270 e. The quantitative estimate of drug-likeness (QED) is 0.583. The number of carbonyl (C=O) groups is 1. The van der Waals surface area contributed by atoms with Gasteiger partial charge in [-0.2, -0.15) is 0 Å². The van der Waals surface area contributed by atoms with Gasteiger partial charge >= 0.3 is 0 Å². The van der Waals surface area contributed by atoms with Gasteiger partial charge in [0.2, 0.25) is 0 Å². The zero-order chi connectivity index (χ0) is 14.8. The number of nitrogens with one attached hydrogen (secondary N) is 1. The van der Waals surface area contributed by atoms with Crippen LogP contribution in [-0.4, -0.2) is 21.1 Å². The molecule has 0 aliphatic heterocycles. The second-order valence-electron chi connectivity index (χ2n) is 4.20. The summed E-state index contributed by atoms with van der Waals surface area (Å²) in [6.07, 6.45) is 0. The van der Waals surface area contributed by atoms with E-state index in [-0.39, 0.29) is 11.3 Å². The fourth-order valence-electron chi connectivity index (χ4n) is 1.86. The van der Waals surface area contributed by atoms with Crippen molar-refractivity contribution < 1.29 is 14.3 Å². The van der Waals surface area contributed by atoms with Crippen molar-refractivity contribution in [1.82, 2.24) is 10.3 Å². The molecule has 1 amide bonds. The maximum absolute atomic E-state index is 12.1. The molecule has 0 radical (unpaired) electrons. The maximum atomic E-state index is 12.1. The van der Waals surface area contributed by atoms with Crippen LogP contribution in [0.4, 0.5) is 11.4 Å². The van der Waals surface area contributed by atoms with Gasteiger partial charge < -0.3 is 5.32 Å². The molecule has 21 heavy (non-hydrogen) atoms. The topological polar surface area (TPSA) is 111 Å². The number of rotatable bonds is 3. The number of nitrogens with zero attached hydrogens (tertiary/aromatic N) is 3. The molecule has 3 rings (SSSR count). The van der Waals surface area contributed by atoms with Gasteiger partial charge in [0.1, 0.15) is 5.52 Å². The lowest BCUT2D eigenvalue weighted by molar-refractivity contribution is -0.384. The van der Waals surface area contributed by atoms with Crippen molar-refractivity contribution in [3.63, 3.8) is 0 Å². The van der Waals surface area contributed by atoms with Gasteiger partial charge in [0.25, 0.3) is 11.6 Å². The van der Waals surface area contributed by atoms with Crippen LogP contribution < -0.4 is 5.32 Å². The van der Waals surface area contributed by atoms with E-state index in [0.29, 0.717) is 16.7 Å². The summed E-state index contributed by atoms with van der Waals surface area (Å²) >= 11 is 0. The molecule has 0 unspecified atom stereocenters. The zero-order valence-electron chi connectivity index (χ0n) is 10.5. The number of anilines is 1. The predicted molar refractivity (Wildman–Crippen MR) is 72.9 cm³/mol. The predicted octanol–water partition coefficient (Wildman–Crippen LogP) is 2.38. The molecule has 8 nitrogen and oxygen atoms in total. The largest absolute Gasteiger partial charge is 0.320 e. The van der Waals surface area contributed by atoms with Crippen molar-refractivity contribution in [2.45, 2.75) is 0 Å². The van der Waals surface area contributed by atoms with E-state index in [0.717, 1.165) is 0 Å². The number of hydrogen-bond donors (Lipinski definition) is 1. The molecule has 3 aromatic rings. The van der Waals surface area contributed by atoms with E-state index >= 15 is 0 Å². The number of aromatic nitrogens is 2. The summed E-state index contributed by atoms with van der Waals surface area (Å²) in [5.74, 6) is -0.478. The summed E-state index contributed by atoms with van der Waals surface area (Å²) in [4.78, 5) is 22.3. The lowest BCUT2D eigenvalue weighted by atomic mass is 10.2. The Morgan fingerprint density at radius 1 is 1.19 bits per heavy atom. The summed E-state index contributed by atoms with van der Waals surface area (Å²) in [6, 6.07) is 10.5. The highest BCUT2D eigenvalue weighted by Gasteiger charge is 2.14. The van der Waals surface area contributed by atoms with E-state index in [4.69, 9.17) is 0 Å². The van der Waals surface area contributed by atoms with Crippen LogP contribution in [0.25, 0.3) is 11.0 Å². The third-order valence-electron chi connectivity index (χ3n) is 2.85. The number of hydrogen-bond acceptors (Lipinski definition) is 6. The van der Waals surface area contributed by atoms with Gasteiger partial charge in [0.15, 0.2) is 5.52 Å². The molecule has 8 heteroatoms. The van der Waals surface area contributed by atoms with Gasteiger partial charge in [-0.3, -0.25) is 14.9 Å². The highest BCUT2D eigenvalue weighted by atomic mass is 16.6. The second-order valence-corrected chi connectivity index (χ2v) is 4.20. The average Bonchev–Trinajstić information content (AvgIpc) is 2.97. The fourth-order valence-corrected chi connectivity index (χ4v) is 1.86. The standard InChI is InChI=1S/C13H8N4O4/c18-13(8-3-1-4-9(7-8)17(19)20)14-10-5-2-6-11-12(10)16-21-15-11/h1-7H,(H,14,18). The van der Waals surface area contributed by atoms with E-state index in [2.05, 4.69) is 20.3 Å². The molecule has 0 saturated heterocycles. The van der Waals surface area contributed by atoms with E-state index in [1.165, 1.54) is 24.3 Å². The first-order valence-electron chi connectivity index (χ1n) is 5.92. The van der Waals surface area contributed by atoms with Crippen molar-refractivity contribution in [3.8, 4) is 0 Å². The Morgan fingerprint density at radius 2 is 2.00 bits per heavy atom. The third kappa shape index (κ3) is 2.41. The Hall–Kier alpha value is -3.29. The van der Waals surface area contributed by atoms with Crippen molar-refractivity contribution in [3.05, 3.63) is 58.1 Å². The van der Waals surface area contributed by atoms with Crippen molar-refractivity contribution in [2.24, 2.45) is 0 Å². The van der Waals surface area contributed by atoms with Gasteiger partial charge in [0, 0.05) is 17.7 Å². The van der Waals surface area contributed by atoms with Crippen LogP contribution in [0.5, 0.6) is 0 Å². The van der Waals surface area contributed by atoms with Gasteiger partial charge in [-0.15, -0.1) is 0 Å². The number of carbonyl (C=O) groups excluding carboxylic acids is 1. The van der Waals surface area contributed by atoms with Gasteiger partial charge in [-0.25, -0.2) is 4.63 Å². The molecule has 0 aliphatic rings. The van der Waals surface area contributed by atoms with E-state index in [1.54, 1.807) is 18.2 Å². The Bertz CT molecular complexity index is 843. The summed E-state index contributed by atoms with van der Waals surface area (Å²) in [6.45, 7) is 0. The molecule has 2 aromatic carbocycles.